The van der Waals surface area contributed by atoms with E-state index in [1.165, 1.54) is 12.4 Å². The third kappa shape index (κ3) is 5.23. The summed E-state index contributed by atoms with van der Waals surface area (Å²) in [7, 11) is 0. The monoisotopic (exact) mass is 423 g/mol. The highest BCUT2D eigenvalue weighted by Crippen LogP contribution is 2.21. The van der Waals surface area contributed by atoms with Crippen molar-refractivity contribution in [3.8, 4) is 5.88 Å². The van der Waals surface area contributed by atoms with Crippen LogP contribution in [0.3, 0.4) is 0 Å². The van der Waals surface area contributed by atoms with Crippen molar-refractivity contribution in [1.82, 2.24) is 25.1 Å². The van der Waals surface area contributed by atoms with Gasteiger partial charge >= 0.3 is 6.18 Å². The lowest BCUT2D eigenvalue weighted by Crippen LogP contribution is -2.35. The first-order valence-electron chi connectivity index (χ1n) is 9.05. The molecule has 3 aromatic rings. The molecule has 0 bridgehead atoms. The molecule has 0 unspecified atom stereocenters. The van der Waals surface area contributed by atoms with Crippen molar-refractivity contribution in [2.75, 3.05) is 13.2 Å². The Kier molecular flexibility index (Phi) is 6.20. The number of rotatable bonds is 7. The molecule has 1 atom stereocenters. The average molecular weight is 423 g/mol. The Bertz CT molecular complexity index is 1050. The minimum atomic E-state index is -4.44. The molecule has 0 aromatic carbocycles. The molecule has 0 saturated heterocycles. The molecular formula is C19H20F3N5O3. The van der Waals surface area contributed by atoms with Gasteiger partial charge in [0.15, 0.2) is 6.61 Å². The van der Waals surface area contributed by atoms with Crippen molar-refractivity contribution in [1.29, 1.82) is 0 Å². The van der Waals surface area contributed by atoms with E-state index in [4.69, 9.17) is 9.84 Å². The predicted molar refractivity (Wildman–Crippen MR) is 101 cm³/mol. The molecular weight excluding hydrogens is 403 g/mol. The zero-order valence-electron chi connectivity index (χ0n) is 16.3. The summed E-state index contributed by atoms with van der Waals surface area (Å²) < 4.78 is 43.2. The second kappa shape index (κ2) is 8.66. The van der Waals surface area contributed by atoms with Crippen LogP contribution in [0.25, 0.3) is 10.9 Å². The minimum absolute atomic E-state index is 0.0807. The van der Waals surface area contributed by atoms with E-state index < -0.39 is 24.7 Å². The number of aryl methyl sites for hydroxylation is 1. The Morgan fingerprint density at radius 2 is 2.13 bits per heavy atom. The van der Waals surface area contributed by atoms with E-state index in [9.17, 15) is 18.0 Å². The first-order valence-corrected chi connectivity index (χ1v) is 9.05. The predicted octanol–water partition coefficient (Wildman–Crippen LogP) is 2.23. The van der Waals surface area contributed by atoms with Gasteiger partial charge < -0.3 is 15.2 Å². The molecule has 0 fully saturated rings. The number of aliphatic hydroxyl groups excluding tert-OH is 1. The van der Waals surface area contributed by atoms with Crippen molar-refractivity contribution in [2.24, 2.45) is 0 Å². The molecule has 0 aliphatic carbocycles. The number of nitrogens with zero attached hydrogens (tertiary/aromatic N) is 4. The molecule has 0 aliphatic rings. The molecule has 1 amide bonds. The van der Waals surface area contributed by atoms with Gasteiger partial charge in [0, 0.05) is 30.2 Å². The lowest BCUT2D eigenvalue weighted by molar-refractivity contribution is -0.154. The quantitative estimate of drug-likeness (QED) is 0.604. The van der Waals surface area contributed by atoms with Crippen molar-refractivity contribution < 1.29 is 27.8 Å². The highest BCUT2D eigenvalue weighted by Gasteiger charge is 2.29. The number of fused-ring (bicyclic) bond motifs is 1. The Balaban J connectivity index is 1.79. The van der Waals surface area contributed by atoms with Gasteiger partial charge in [-0.2, -0.15) is 18.3 Å². The summed E-state index contributed by atoms with van der Waals surface area (Å²) in [6, 6.07) is 2.91. The minimum Gasteiger partial charge on any atom is -0.468 e. The van der Waals surface area contributed by atoms with Crippen LogP contribution < -0.4 is 10.1 Å². The largest absolute Gasteiger partial charge is 0.468 e. The smallest absolute Gasteiger partial charge is 0.422 e. The highest BCUT2D eigenvalue weighted by atomic mass is 19.4. The van der Waals surface area contributed by atoms with Crippen molar-refractivity contribution in [3.63, 3.8) is 0 Å². The van der Waals surface area contributed by atoms with E-state index in [1.54, 1.807) is 36.9 Å². The second-order valence-electron chi connectivity index (χ2n) is 6.85. The Hall–Kier alpha value is -3.21. The molecule has 11 heteroatoms. The van der Waals surface area contributed by atoms with Gasteiger partial charge in [-0.3, -0.25) is 14.5 Å². The highest BCUT2D eigenvalue weighted by molar-refractivity contribution is 6.04. The maximum atomic E-state index is 12.4. The lowest BCUT2D eigenvalue weighted by atomic mass is 10.2. The molecule has 3 aromatic heterocycles. The second-order valence-corrected chi connectivity index (χ2v) is 6.85. The zero-order chi connectivity index (χ0) is 21.9. The van der Waals surface area contributed by atoms with Crippen LogP contribution in [0.5, 0.6) is 5.88 Å². The van der Waals surface area contributed by atoms with Gasteiger partial charge in [0.05, 0.1) is 24.1 Å². The molecule has 0 spiro atoms. The summed E-state index contributed by atoms with van der Waals surface area (Å²) in [6.07, 6.45) is 0.107. The summed E-state index contributed by atoms with van der Waals surface area (Å²) in [4.78, 5) is 20.5. The molecule has 0 saturated carbocycles. The van der Waals surface area contributed by atoms with Crippen LogP contribution in [0.15, 0.2) is 30.7 Å². The van der Waals surface area contributed by atoms with Crippen LogP contribution in [0.4, 0.5) is 13.2 Å². The number of hydrogen-bond donors (Lipinski definition) is 2. The van der Waals surface area contributed by atoms with E-state index in [0.717, 1.165) is 0 Å². The first-order chi connectivity index (χ1) is 14.2. The lowest BCUT2D eigenvalue weighted by Gasteiger charge is -2.11. The van der Waals surface area contributed by atoms with Crippen LogP contribution in [-0.4, -0.2) is 56.2 Å². The molecule has 2 N–H and O–H groups in total. The standard InChI is InChI=1S/C19H20F3N5O3/c1-11-5-13(6-24-18(11)30-10-19(20,21)22)7-27-8-14-15(26-27)3-4-23-16(14)17(29)25-12(2)9-28/h3-6,8,12,28H,7,9-10H2,1-2H3,(H,25,29)/t12-/m0/s1. The Labute approximate surface area is 169 Å². The fourth-order valence-electron chi connectivity index (χ4n) is 2.79. The number of amides is 1. The number of carbonyl (C=O) groups excluding carboxylic acids is 1. The summed E-state index contributed by atoms with van der Waals surface area (Å²) in [5.41, 5.74) is 1.91. The number of hydrogen-bond acceptors (Lipinski definition) is 6. The number of carbonyl (C=O) groups is 1. The molecule has 160 valence electrons. The summed E-state index contributed by atoms with van der Waals surface area (Å²) >= 11 is 0. The Morgan fingerprint density at radius 3 is 2.80 bits per heavy atom. The summed E-state index contributed by atoms with van der Waals surface area (Å²) in [6.45, 7) is 1.96. The van der Waals surface area contributed by atoms with Crippen LogP contribution in [0.2, 0.25) is 0 Å². The summed E-state index contributed by atoms with van der Waals surface area (Å²) in [5, 5.41) is 16.7. The van der Waals surface area contributed by atoms with E-state index >= 15 is 0 Å². The number of nitrogens with one attached hydrogen (secondary N) is 1. The van der Waals surface area contributed by atoms with E-state index in [2.05, 4.69) is 20.4 Å². The number of aliphatic hydroxyl groups is 1. The SMILES string of the molecule is Cc1cc(Cn2cc3c(C(=O)N[C@@H](C)CO)nccc3n2)cnc1OCC(F)(F)F. The Morgan fingerprint density at radius 1 is 1.37 bits per heavy atom. The van der Waals surface area contributed by atoms with Crippen LogP contribution >= 0.6 is 0 Å². The maximum Gasteiger partial charge on any atom is 0.422 e. The van der Waals surface area contributed by atoms with Crippen LogP contribution in [0.1, 0.15) is 28.5 Å². The number of alkyl halides is 3. The van der Waals surface area contributed by atoms with Gasteiger partial charge in [0.1, 0.15) is 5.69 Å². The van der Waals surface area contributed by atoms with Gasteiger partial charge in [-0.05, 0) is 31.5 Å². The third-order valence-corrected chi connectivity index (χ3v) is 4.15. The van der Waals surface area contributed by atoms with Gasteiger partial charge in [-0.1, -0.05) is 0 Å². The molecule has 3 heterocycles. The molecule has 3 rings (SSSR count). The topological polar surface area (TPSA) is 102 Å². The van der Waals surface area contributed by atoms with Gasteiger partial charge in [0.25, 0.3) is 5.91 Å². The van der Waals surface area contributed by atoms with Crippen molar-refractivity contribution >= 4 is 16.8 Å². The van der Waals surface area contributed by atoms with Crippen LogP contribution in [0, 0.1) is 6.92 Å². The van der Waals surface area contributed by atoms with Gasteiger partial charge in [-0.15, -0.1) is 0 Å². The van der Waals surface area contributed by atoms with E-state index in [1.807, 2.05) is 0 Å². The number of ether oxygens (including phenoxy) is 1. The van der Waals surface area contributed by atoms with Gasteiger partial charge in [0.2, 0.25) is 5.88 Å². The third-order valence-electron chi connectivity index (χ3n) is 4.15. The van der Waals surface area contributed by atoms with E-state index in [-0.39, 0.29) is 24.7 Å². The molecule has 8 nitrogen and oxygen atoms in total. The maximum absolute atomic E-state index is 12.4. The fourth-order valence-corrected chi connectivity index (χ4v) is 2.79. The number of pyridine rings is 2. The first kappa shape index (κ1) is 21.5. The zero-order valence-corrected chi connectivity index (χ0v) is 16.3. The van der Waals surface area contributed by atoms with Crippen molar-refractivity contribution in [2.45, 2.75) is 32.6 Å². The fraction of sp³-hybridized carbons (Fsp3) is 0.368. The van der Waals surface area contributed by atoms with Crippen molar-refractivity contribution in [3.05, 3.63) is 47.5 Å². The van der Waals surface area contributed by atoms with Gasteiger partial charge in [-0.25, -0.2) is 4.98 Å². The normalized spacial score (nSPS) is 12.7. The summed E-state index contributed by atoms with van der Waals surface area (Å²) in [5.74, 6) is -0.506. The number of aromatic nitrogens is 4. The van der Waals surface area contributed by atoms with E-state index in [0.29, 0.717) is 22.0 Å². The molecule has 0 radical (unpaired) electrons. The average Bonchev–Trinajstić information content (AvgIpc) is 3.08. The van der Waals surface area contributed by atoms with Crippen LogP contribution in [-0.2, 0) is 6.54 Å². The molecule has 0 aliphatic heterocycles. The number of halogens is 3. The molecule has 30 heavy (non-hydrogen) atoms.